The van der Waals surface area contributed by atoms with E-state index in [4.69, 9.17) is 4.74 Å². The lowest BCUT2D eigenvalue weighted by molar-refractivity contribution is 0.108. The van der Waals surface area contributed by atoms with Crippen LogP contribution in [0.15, 0.2) is 6.07 Å². The lowest BCUT2D eigenvalue weighted by atomic mass is 10.0. The van der Waals surface area contributed by atoms with Gasteiger partial charge in [-0.05, 0) is 26.7 Å². The van der Waals surface area contributed by atoms with Crippen LogP contribution in [-0.4, -0.2) is 35.8 Å². The van der Waals surface area contributed by atoms with Gasteiger partial charge >= 0.3 is 0 Å². The Kier molecular flexibility index (Phi) is 5.59. The van der Waals surface area contributed by atoms with Gasteiger partial charge in [-0.15, -0.1) is 0 Å². The predicted molar refractivity (Wildman–Crippen MR) is 82.2 cm³/mol. The van der Waals surface area contributed by atoms with Crippen molar-refractivity contribution in [3.63, 3.8) is 0 Å². The largest absolute Gasteiger partial charge is 0.378 e. The van der Waals surface area contributed by atoms with Crippen molar-refractivity contribution in [2.45, 2.75) is 46.1 Å². The van der Waals surface area contributed by atoms with E-state index in [-0.39, 0.29) is 0 Å². The van der Waals surface area contributed by atoms with Crippen LogP contribution in [0.1, 0.15) is 39.4 Å². The van der Waals surface area contributed by atoms with E-state index in [1.807, 2.05) is 6.07 Å². The zero-order chi connectivity index (χ0) is 14.4. The predicted octanol–water partition coefficient (Wildman–Crippen LogP) is 2.70. The number of nitrogens with one attached hydrogen (secondary N) is 2. The molecule has 1 fully saturated rings. The topological polar surface area (TPSA) is 59.1 Å². The van der Waals surface area contributed by atoms with Gasteiger partial charge in [0.05, 0.1) is 6.10 Å². The smallest absolute Gasteiger partial charge is 0.133 e. The van der Waals surface area contributed by atoms with Crippen LogP contribution in [-0.2, 0) is 11.2 Å². The van der Waals surface area contributed by atoms with Gasteiger partial charge in [0.2, 0.25) is 0 Å². The van der Waals surface area contributed by atoms with Gasteiger partial charge in [0.1, 0.15) is 17.5 Å². The first-order chi connectivity index (χ1) is 9.72. The molecule has 20 heavy (non-hydrogen) atoms. The quantitative estimate of drug-likeness (QED) is 0.803. The molecule has 5 nitrogen and oxygen atoms in total. The molecule has 1 aromatic rings. The number of rotatable bonds is 7. The van der Waals surface area contributed by atoms with E-state index in [1.54, 1.807) is 0 Å². The standard InChI is InChI=1S/C15H26N4O/c1-4-6-13-18-14(16-5-2)9-15(19-13)17-10-12-7-8-20-11(12)3/h9,11-12H,4-8,10H2,1-3H3,(H2,16,17,18,19). The number of aryl methyl sites for hydroxylation is 1. The summed E-state index contributed by atoms with van der Waals surface area (Å²) >= 11 is 0. The first kappa shape index (κ1) is 15.0. The van der Waals surface area contributed by atoms with Crippen molar-refractivity contribution in [1.29, 1.82) is 0 Å². The molecule has 2 unspecified atom stereocenters. The summed E-state index contributed by atoms with van der Waals surface area (Å²) in [6.45, 7) is 9.03. The minimum atomic E-state index is 0.340. The number of hydrogen-bond donors (Lipinski definition) is 2. The summed E-state index contributed by atoms with van der Waals surface area (Å²) in [5.41, 5.74) is 0. The van der Waals surface area contributed by atoms with Gasteiger partial charge in [0.25, 0.3) is 0 Å². The molecular formula is C15H26N4O. The number of nitrogens with zero attached hydrogens (tertiary/aromatic N) is 2. The summed E-state index contributed by atoms with van der Waals surface area (Å²) < 4.78 is 5.59. The molecule has 1 aliphatic rings. The molecule has 2 rings (SSSR count). The van der Waals surface area contributed by atoms with Gasteiger partial charge in [-0.25, -0.2) is 9.97 Å². The molecule has 5 heteroatoms. The van der Waals surface area contributed by atoms with Crippen molar-refractivity contribution in [2.75, 3.05) is 30.3 Å². The van der Waals surface area contributed by atoms with E-state index in [9.17, 15) is 0 Å². The fraction of sp³-hybridized carbons (Fsp3) is 0.733. The fourth-order valence-electron chi connectivity index (χ4n) is 2.47. The SMILES string of the molecule is CCCc1nc(NCC)cc(NCC2CCOC2C)n1. The van der Waals surface area contributed by atoms with Crippen LogP contribution in [0.4, 0.5) is 11.6 Å². The average Bonchev–Trinajstić information content (AvgIpc) is 2.83. The maximum absolute atomic E-state index is 5.59. The van der Waals surface area contributed by atoms with Gasteiger partial charge in [-0.2, -0.15) is 0 Å². The van der Waals surface area contributed by atoms with Crippen molar-refractivity contribution < 1.29 is 4.74 Å². The molecule has 0 radical (unpaired) electrons. The van der Waals surface area contributed by atoms with Crippen LogP contribution in [0.2, 0.25) is 0 Å². The maximum atomic E-state index is 5.59. The summed E-state index contributed by atoms with van der Waals surface area (Å²) in [5, 5.41) is 6.71. The third kappa shape index (κ3) is 4.07. The van der Waals surface area contributed by atoms with Gasteiger partial charge in [0.15, 0.2) is 0 Å². The Morgan fingerprint density at radius 2 is 2.00 bits per heavy atom. The van der Waals surface area contributed by atoms with Crippen LogP contribution in [0.25, 0.3) is 0 Å². The first-order valence-electron chi connectivity index (χ1n) is 7.70. The summed E-state index contributed by atoms with van der Waals surface area (Å²) in [7, 11) is 0. The number of hydrogen-bond acceptors (Lipinski definition) is 5. The van der Waals surface area contributed by atoms with E-state index in [2.05, 4.69) is 41.4 Å². The molecule has 112 valence electrons. The van der Waals surface area contributed by atoms with Gasteiger partial charge in [0, 0.05) is 38.1 Å². The summed E-state index contributed by atoms with van der Waals surface area (Å²) in [6.07, 6.45) is 3.44. The second kappa shape index (κ2) is 7.43. The number of anilines is 2. The molecular weight excluding hydrogens is 252 g/mol. The van der Waals surface area contributed by atoms with E-state index in [0.29, 0.717) is 12.0 Å². The third-order valence-electron chi connectivity index (χ3n) is 3.68. The van der Waals surface area contributed by atoms with E-state index in [0.717, 1.165) is 56.4 Å². The van der Waals surface area contributed by atoms with Crippen LogP contribution in [0, 0.1) is 5.92 Å². The Labute approximate surface area is 121 Å². The Balaban J connectivity index is 2.01. The molecule has 0 bridgehead atoms. The first-order valence-corrected chi connectivity index (χ1v) is 7.70. The number of aromatic nitrogens is 2. The minimum absolute atomic E-state index is 0.340. The van der Waals surface area contributed by atoms with Crippen LogP contribution < -0.4 is 10.6 Å². The Bertz CT molecular complexity index is 400. The fourth-order valence-corrected chi connectivity index (χ4v) is 2.47. The molecule has 0 aromatic carbocycles. The second-order valence-electron chi connectivity index (χ2n) is 5.34. The molecule has 0 saturated carbocycles. The summed E-state index contributed by atoms with van der Waals surface area (Å²) in [4.78, 5) is 9.11. The summed E-state index contributed by atoms with van der Waals surface area (Å²) in [5.74, 6) is 3.30. The lowest BCUT2D eigenvalue weighted by Crippen LogP contribution is -2.21. The molecule has 1 aromatic heterocycles. The van der Waals surface area contributed by atoms with Gasteiger partial charge in [-0.3, -0.25) is 0 Å². The molecule has 0 aliphatic carbocycles. The minimum Gasteiger partial charge on any atom is -0.378 e. The molecule has 2 atom stereocenters. The highest BCUT2D eigenvalue weighted by Gasteiger charge is 2.23. The molecule has 0 spiro atoms. The van der Waals surface area contributed by atoms with Crippen molar-refractivity contribution >= 4 is 11.6 Å². The Hall–Kier alpha value is -1.36. The van der Waals surface area contributed by atoms with Crippen molar-refractivity contribution in [3.8, 4) is 0 Å². The number of ether oxygens (including phenoxy) is 1. The molecule has 2 N–H and O–H groups in total. The van der Waals surface area contributed by atoms with Crippen molar-refractivity contribution in [3.05, 3.63) is 11.9 Å². The van der Waals surface area contributed by atoms with Gasteiger partial charge in [-0.1, -0.05) is 6.92 Å². The zero-order valence-corrected chi connectivity index (χ0v) is 12.8. The lowest BCUT2D eigenvalue weighted by Gasteiger charge is -2.16. The monoisotopic (exact) mass is 278 g/mol. The second-order valence-corrected chi connectivity index (χ2v) is 5.34. The Morgan fingerprint density at radius 3 is 2.60 bits per heavy atom. The van der Waals surface area contributed by atoms with Crippen molar-refractivity contribution in [1.82, 2.24) is 9.97 Å². The average molecular weight is 278 g/mol. The molecule has 2 heterocycles. The van der Waals surface area contributed by atoms with Crippen LogP contribution in [0.5, 0.6) is 0 Å². The van der Waals surface area contributed by atoms with Crippen LogP contribution >= 0.6 is 0 Å². The highest BCUT2D eigenvalue weighted by atomic mass is 16.5. The molecule has 0 amide bonds. The van der Waals surface area contributed by atoms with Gasteiger partial charge < -0.3 is 15.4 Å². The summed E-state index contributed by atoms with van der Waals surface area (Å²) in [6, 6.07) is 1.99. The third-order valence-corrected chi connectivity index (χ3v) is 3.68. The highest BCUT2D eigenvalue weighted by molar-refractivity contribution is 5.47. The maximum Gasteiger partial charge on any atom is 0.133 e. The van der Waals surface area contributed by atoms with E-state index >= 15 is 0 Å². The molecule has 1 aliphatic heterocycles. The van der Waals surface area contributed by atoms with Crippen molar-refractivity contribution in [2.24, 2.45) is 5.92 Å². The Morgan fingerprint density at radius 1 is 1.25 bits per heavy atom. The van der Waals surface area contributed by atoms with E-state index in [1.165, 1.54) is 0 Å². The highest BCUT2D eigenvalue weighted by Crippen LogP contribution is 2.21. The zero-order valence-electron chi connectivity index (χ0n) is 12.8. The van der Waals surface area contributed by atoms with Crippen LogP contribution in [0.3, 0.4) is 0 Å². The molecule has 1 saturated heterocycles. The normalized spacial score (nSPS) is 21.9. The van der Waals surface area contributed by atoms with E-state index < -0.39 is 0 Å².